The molecule has 10 heavy (non-hydrogen) atoms. The van der Waals surface area contributed by atoms with Gasteiger partial charge in [-0.05, 0) is 13.3 Å². The van der Waals surface area contributed by atoms with E-state index in [1.165, 1.54) is 6.08 Å². The van der Waals surface area contributed by atoms with Crippen molar-refractivity contribution < 1.29 is 9.53 Å². The van der Waals surface area contributed by atoms with E-state index in [4.69, 9.17) is 16.3 Å². The van der Waals surface area contributed by atoms with Crippen LogP contribution in [0.1, 0.15) is 13.3 Å². The summed E-state index contributed by atoms with van der Waals surface area (Å²) in [6, 6.07) is 0. The molecular formula is C7H11ClO2. The van der Waals surface area contributed by atoms with E-state index in [9.17, 15) is 4.79 Å². The Labute approximate surface area is 65.8 Å². The van der Waals surface area contributed by atoms with Gasteiger partial charge in [0, 0.05) is 12.0 Å². The molecule has 0 aliphatic carbocycles. The number of hydrogen-bond donors (Lipinski definition) is 0. The molecule has 0 rings (SSSR count). The summed E-state index contributed by atoms with van der Waals surface area (Å²) in [6.45, 7) is 2.18. The first-order valence-corrected chi connectivity index (χ1v) is 3.70. The maximum absolute atomic E-state index is 10.6. The van der Waals surface area contributed by atoms with Gasteiger partial charge >= 0.3 is 5.97 Å². The molecule has 0 fully saturated rings. The molecule has 0 aliphatic rings. The maximum atomic E-state index is 10.6. The Kier molecular flexibility index (Phi) is 6.29. The van der Waals surface area contributed by atoms with Crippen LogP contribution in [-0.2, 0) is 9.53 Å². The van der Waals surface area contributed by atoms with Crippen molar-refractivity contribution in [3.63, 3.8) is 0 Å². The van der Waals surface area contributed by atoms with Gasteiger partial charge < -0.3 is 4.74 Å². The fourth-order valence-corrected chi connectivity index (χ4v) is 0.521. The second-order valence-corrected chi connectivity index (χ2v) is 2.09. The molecule has 0 aromatic carbocycles. The Bertz CT molecular complexity index is 121. The predicted octanol–water partition coefficient (Wildman–Crippen LogP) is 1.73. The molecule has 0 spiro atoms. The minimum atomic E-state index is -0.299. The first kappa shape index (κ1) is 9.50. The van der Waals surface area contributed by atoms with Crippen molar-refractivity contribution >= 4 is 17.6 Å². The van der Waals surface area contributed by atoms with Crippen LogP contribution in [0.3, 0.4) is 0 Å². The molecule has 0 radical (unpaired) electrons. The van der Waals surface area contributed by atoms with E-state index in [2.05, 4.69) is 0 Å². The van der Waals surface area contributed by atoms with Crippen molar-refractivity contribution in [3.05, 3.63) is 12.2 Å². The third-order valence-electron chi connectivity index (χ3n) is 0.825. The Morgan fingerprint density at radius 1 is 1.70 bits per heavy atom. The summed E-state index contributed by atoms with van der Waals surface area (Å²) in [4.78, 5) is 10.6. The van der Waals surface area contributed by atoms with E-state index in [1.54, 1.807) is 13.0 Å². The molecule has 0 N–H and O–H groups in total. The van der Waals surface area contributed by atoms with Gasteiger partial charge in [-0.1, -0.05) is 6.08 Å². The van der Waals surface area contributed by atoms with Crippen molar-refractivity contribution in [1.29, 1.82) is 0 Å². The number of carbonyl (C=O) groups is 1. The van der Waals surface area contributed by atoms with Crippen LogP contribution in [0.15, 0.2) is 12.2 Å². The summed E-state index contributed by atoms with van der Waals surface area (Å²) in [5, 5.41) is 0. The molecule has 0 unspecified atom stereocenters. The van der Waals surface area contributed by atoms with Crippen molar-refractivity contribution in [1.82, 2.24) is 0 Å². The molecular weight excluding hydrogens is 152 g/mol. The number of carbonyl (C=O) groups excluding carboxylic acids is 1. The smallest absolute Gasteiger partial charge is 0.330 e. The highest BCUT2D eigenvalue weighted by Gasteiger charge is 1.93. The van der Waals surface area contributed by atoms with Crippen molar-refractivity contribution in [2.45, 2.75) is 13.3 Å². The van der Waals surface area contributed by atoms with Crippen molar-refractivity contribution in [3.8, 4) is 0 Å². The summed E-state index contributed by atoms with van der Waals surface area (Å²) in [6.07, 6.45) is 3.74. The standard InChI is InChI=1S/C7H11ClO2/c1-2-4-7(9)10-6-3-5-8/h2,4H,3,5-6H2,1H3. The van der Waals surface area contributed by atoms with Crippen LogP contribution in [0.2, 0.25) is 0 Å². The van der Waals surface area contributed by atoms with Gasteiger partial charge in [-0.2, -0.15) is 0 Å². The minimum Gasteiger partial charge on any atom is -0.462 e. The van der Waals surface area contributed by atoms with Crippen molar-refractivity contribution in [2.24, 2.45) is 0 Å². The summed E-state index contributed by atoms with van der Waals surface area (Å²) < 4.78 is 4.71. The number of esters is 1. The van der Waals surface area contributed by atoms with Gasteiger partial charge in [0.05, 0.1) is 6.61 Å². The summed E-state index contributed by atoms with van der Waals surface area (Å²) in [5.74, 6) is 0.232. The highest BCUT2D eigenvalue weighted by Crippen LogP contribution is 1.87. The van der Waals surface area contributed by atoms with Gasteiger partial charge in [0.15, 0.2) is 0 Å². The van der Waals surface area contributed by atoms with E-state index < -0.39 is 0 Å². The molecule has 0 bridgehead atoms. The van der Waals surface area contributed by atoms with Gasteiger partial charge in [0.2, 0.25) is 0 Å². The Morgan fingerprint density at radius 3 is 2.90 bits per heavy atom. The van der Waals surface area contributed by atoms with Crippen LogP contribution in [0.25, 0.3) is 0 Å². The van der Waals surface area contributed by atoms with Crippen molar-refractivity contribution in [2.75, 3.05) is 12.5 Å². The second-order valence-electron chi connectivity index (χ2n) is 1.71. The lowest BCUT2D eigenvalue weighted by Gasteiger charge is -1.97. The summed E-state index contributed by atoms with van der Waals surface area (Å²) in [5.41, 5.74) is 0. The number of halogens is 1. The highest BCUT2D eigenvalue weighted by molar-refractivity contribution is 6.17. The SMILES string of the molecule is CC=CC(=O)OCCCCl. The normalized spacial score (nSPS) is 10.2. The molecule has 0 amide bonds. The zero-order chi connectivity index (χ0) is 7.82. The number of ether oxygens (including phenoxy) is 1. The van der Waals surface area contributed by atoms with Crippen LogP contribution in [0.5, 0.6) is 0 Å². The Balaban J connectivity index is 3.22. The molecule has 58 valence electrons. The van der Waals surface area contributed by atoms with Crippen LogP contribution in [0, 0.1) is 0 Å². The number of allylic oxidation sites excluding steroid dienone is 1. The van der Waals surface area contributed by atoms with Gasteiger partial charge in [0.1, 0.15) is 0 Å². The molecule has 2 nitrogen and oxygen atoms in total. The van der Waals surface area contributed by atoms with Crippen LogP contribution < -0.4 is 0 Å². The lowest BCUT2D eigenvalue weighted by Crippen LogP contribution is -2.02. The molecule has 0 aliphatic heterocycles. The molecule has 0 saturated carbocycles. The first-order chi connectivity index (χ1) is 4.81. The van der Waals surface area contributed by atoms with E-state index in [-0.39, 0.29) is 5.97 Å². The Hall–Kier alpha value is -0.500. The third kappa shape index (κ3) is 5.63. The van der Waals surface area contributed by atoms with E-state index in [1.807, 2.05) is 0 Å². The Morgan fingerprint density at radius 2 is 2.40 bits per heavy atom. The van der Waals surface area contributed by atoms with E-state index in [0.29, 0.717) is 18.9 Å². The highest BCUT2D eigenvalue weighted by atomic mass is 35.5. The summed E-state index contributed by atoms with van der Waals surface area (Å²) in [7, 11) is 0. The van der Waals surface area contributed by atoms with Crippen LogP contribution >= 0.6 is 11.6 Å². The fraction of sp³-hybridized carbons (Fsp3) is 0.571. The lowest BCUT2D eigenvalue weighted by atomic mass is 10.5. The average molecular weight is 163 g/mol. The van der Waals surface area contributed by atoms with Gasteiger partial charge in [-0.3, -0.25) is 0 Å². The van der Waals surface area contributed by atoms with Gasteiger partial charge in [-0.25, -0.2) is 4.79 Å². The van der Waals surface area contributed by atoms with Crippen LogP contribution in [0.4, 0.5) is 0 Å². The lowest BCUT2D eigenvalue weighted by molar-refractivity contribution is -0.137. The molecule has 0 aromatic rings. The molecule has 3 heteroatoms. The predicted molar refractivity (Wildman–Crippen MR) is 41.1 cm³/mol. The monoisotopic (exact) mass is 162 g/mol. The molecule has 0 atom stereocenters. The van der Waals surface area contributed by atoms with E-state index >= 15 is 0 Å². The van der Waals surface area contributed by atoms with Gasteiger partial charge in [0.25, 0.3) is 0 Å². The van der Waals surface area contributed by atoms with Crippen LogP contribution in [-0.4, -0.2) is 18.5 Å². The fourth-order valence-electron chi connectivity index (χ4n) is 0.412. The largest absolute Gasteiger partial charge is 0.462 e. The second kappa shape index (κ2) is 6.62. The molecule has 0 aromatic heterocycles. The molecule has 0 heterocycles. The van der Waals surface area contributed by atoms with Gasteiger partial charge in [-0.15, -0.1) is 11.6 Å². The third-order valence-corrected chi connectivity index (χ3v) is 1.09. The van der Waals surface area contributed by atoms with E-state index in [0.717, 1.165) is 0 Å². The topological polar surface area (TPSA) is 26.3 Å². The molecule has 0 saturated heterocycles. The summed E-state index contributed by atoms with van der Waals surface area (Å²) >= 11 is 5.35. The zero-order valence-corrected chi connectivity index (χ0v) is 6.73. The first-order valence-electron chi connectivity index (χ1n) is 3.16. The number of rotatable bonds is 4. The average Bonchev–Trinajstić information content (AvgIpc) is 1.89. The number of alkyl halides is 1. The minimum absolute atomic E-state index is 0.299. The number of hydrogen-bond acceptors (Lipinski definition) is 2. The zero-order valence-electron chi connectivity index (χ0n) is 5.97. The quantitative estimate of drug-likeness (QED) is 0.272. The maximum Gasteiger partial charge on any atom is 0.330 e.